The van der Waals surface area contributed by atoms with Crippen molar-refractivity contribution in [3.63, 3.8) is 0 Å². The van der Waals surface area contributed by atoms with Gasteiger partial charge in [0.2, 0.25) is 5.91 Å². The molecule has 0 bridgehead atoms. The third kappa shape index (κ3) is 4.06. The summed E-state index contributed by atoms with van der Waals surface area (Å²) in [5, 5.41) is 7.17. The molecule has 1 unspecified atom stereocenters. The molecule has 2 aromatic rings. The molecule has 1 amide bonds. The van der Waals surface area contributed by atoms with Crippen LogP contribution in [-0.4, -0.2) is 29.1 Å². The van der Waals surface area contributed by atoms with Crippen LogP contribution in [0, 0.1) is 6.92 Å². The van der Waals surface area contributed by atoms with Crippen molar-refractivity contribution < 1.29 is 9.32 Å². The van der Waals surface area contributed by atoms with Crippen LogP contribution < -0.4 is 5.32 Å². The highest BCUT2D eigenvalue weighted by Gasteiger charge is 2.19. The molecule has 21 heavy (non-hydrogen) atoms. The van der Waals surface area contributed by atoms with Crippen LogP contribution in [0.4, 0.5) is 5.82 Å². The number of nitrogens with one attached hydrogen (secondary N) is 1. The number of likely N-dealkylation sites (N-methyl/N-ethyl adjacent to an activating group) is 1. The minimum absolute atomic E-state index is 0.141. The number of hydrogen-bond donors (Lipinski definition) is 1. The maximum absolute atomic E-state index is 12.2. The van der Waals surface area contributed by atoms with Crippen molar-refractivity contribution in [1.29, 1.82) is 0 Å². The van der Waals surface area contributed by atoms with Gasteiger partial charge in [0.25, 0.3) is 0 Å². The number of aromatic nitrogens is 1. The summed E-state index contributed by atoms with van der Waals surface area (Å²) in [7, 11) is 1.88. The minimum atomic E-state index is -0.321. The average molecular weight is 308 g/mol. The molecule has 2 rings (SSSR count). The molecule has 1 N–H and O–H groups in total. The number of carbonyl (C=O) groups excluding carboxylic acids is 1. The van der Waals surface area contributed by atoms with Gasteiger partial charge in [-0.2, -0.15) is 0 Å². The molecule has 6 heteroatoms. The maximum Gasteiger partial charge on any atom is 0.242 e. The highest BCUT2D eigenvalue weighted by Crippen LogP contribution is 2.17. The molecule has 0 fully saturated rings. The van der Waals surface area contributed by atoms with Gasteiger partial charge in [-0.3, -0.25) is 9.69 Å². The van der Waals surface area contributed by atoms with Crippen molar-refractivity contribution in [3.05, 3.63) is 46.7 Å². The van der Waals surface area contributed by atoms with Crippen molar-refractivity contribution in [2.45, 2.75) is 26.4 Å². The largest absolute Gasteiger partial charge is 0.360 e. The second kappa shape index (κ2) is 6.74. The van der Waals surface area contributed by atoms with Crippen LogP contribution in [0.25, 0.3) is 0 Å². The average Bonchev–Trinajstić information content (AvgIpc) is 2.85. The van der Waals surface area contributed by atoms with Crippen molar-refractivity contribution in [2.75, 3.05) is 12.4 Å². The zero-order valence-corrected chi connectivity index (χ0v) is 13.0. The van der Waals surface area contributed by atoms with Crippen LogP contribution in [0.15, 0.2) is 34.9 Å². The Labute approximate surface area is 128 Å². The monoisotopic (exact) mass is 307 g/mol. The molecule has 1 atom stereocenters. The highest BCUT2D eigenvalue weighted by molar-refractivity contribution is 6.31. The quantitative estimate of drug-likeness (QED) is 0.922. The molecular formula is C15H18ClN3O2. The summed E-state index contributed by atoms with van der Waals surface area (Å²) in [5.41, 5.74) is 0.985. The van der Waals surface area contributed by atoms with Gasteiger partial charge in [-0.25, -0.2) is 0 Å². The normalized spacial score (nSPS) is 12.4. The van der Waals surface area contributed by atoms with Gasteiger partial charge in [-0.05, 0) is 32.5 Å². The molecule has 1 aromatic carbocycles. The van der Waals surface area contributed by atoms with E-state index in [1.165, 1.54) is 0 Å². The molecule has 0 saturated carbocycles. The zero-order valence-electron chi connectivity index (χ0n) is 12.3. The Hall–Kier alpha value is -1.85. The topological polar surface area (TPSA) is 58.4 Å². The van der Waals surface area contributed by atoms with Gasteiger partial charge in [0.05, 0.1) is 6.04 Å². The van der Waals surface area contributed by atoms with E-state index in [-0.39, 0.29) is 11.9 Å². The Balaban J connectivity index is 1.97. The summed E-state index contributed by atoms with van der Waals surface area (Å²) in [6.07, 6.45) is 0. The van der Waals surface area contributed by atoms with Gasteiger partial charge in [0, 0.05) is 17.6 Å². The summed E-state index contributed by atoms with van der Waals surface area (Å²) in [4.78, 5) is 14.1. The number of rotatable bonds is 5. The first-order valence-corrected chi connectivity index (χ1v) is 7.03. The molecule has 0 saturated heterocycles. The van der Waals surface area contributed by atoms with E-state index in [2.05, 4.69) is 10.5 Å². The Morgan fingerprint density at radius 1 is 1.48 bits per heavy atom. The maximum atomic E-state index is 12.2. The fourth-order valence-corrected chi connectivity index (χ4v) is 2.08. The number of halogens is 1. The van der Waals surface area contributed by atoms with E-state index in [0.717, 1.165) is 5.56 Å². The lowest BCUT2D eigenvalue weighted by molar-refractivity contribution is -0.120. The van der Waals surface area contributed by atoms with Gasteiger partial charge in [0.15, 0.2) is 5.82 Å². The Morgan fingerprint density at radius 3 is 2.81 bits per heavy atom. The molecule has 1 aromatic heterocycles. The fourth-order valence-electron chi connectivity index (χ4n) is 1.89. The first kappa shape index (κ1) is 15.5. The third-order valence-corrected chi connectivity index (χ3v) is 3.67. The second-order valence-corrected chi connectivity index (χ2v) is 5.40. The predicted molar refractivity (Wildman–Crippen MR) is 82.3 cm³/mol. The van der Waals surface area contributed by atoms with Crippen LogP contribution in [0.2, 0.25) is 5.02 Å². The smallest absolute Gasteiger partial charge is 0.242 e. The summed E-state index contributed by atoms with van der Waals surface area (Å²) in [5.74, 6) is 0.940. The third-order valence-electron chi connectivity index (χ3n) is 3.30. The first-order chi connectivity index (χ1) is 9.97. The van der Waals surface area contributed by atoms with Crippen molar-refractivity contribution in [1.82, 2.24) is 10.1 Å². The lowest BCUT2D eigenvalue weighted by atomic mass is 10.2. The Bertz CT molecular complexity index is 627. The van der Waals surface area contributed by atoms with Crippen LogP contribution in [0.1, 0.15) is 18.2 Å². The van der Waals surface area contributed by atoms with E-state index in [4.69, 9.17) is 16.1 Å². The zero-order chi connectivity index (χ0) is 15.4. The van der Waals surface area contributed by atoms with E-state index in [9.17, 15) is 4.79 Å². The van der Waals surface area contributed by atoms with Gasteiger partial charge in [0.1, 0.15) is 5.76 Å². The van der Waals surface area contributed by atoms with Crippen molar-refractivity contribution in [3.8, 4) is 0 Å². The van der Waals surface area contributed by atoms with Crippen LogP contribution in [0.5, 0.6) is 0 Å². The van der Waals surface area contributed by atoms with E-state index < -0.39 is 0 Å². The molecule has 0 aliphatic rings. The summed E-state index contributed by atoms with van der Waals surface area (Å²) >= 11 is 6.14. The van der Waals surface area contributed by atoms with Crippen LogP contribution in [0.3, 0.4) is 0 Å². The standard InChI is InChI=1S/C15H18ClN3O2/c1-10-8-14(18-21-10)17-15(20)11(2)19(3)9-12-6-4-5-7-13(12)16/h4-8,11H,9H2,1-3H3,(H,17,18,20). The number of aryl methyl sites for hydroxylation is 1. The first-order valence-electron chi connectivity index (χ1n) is 6.65. The number of amides is 1. The summed E-state index contributed by atoms with van der Waals surface area (Å²) in [6, 6.07) is 8.96. The Morgan fingerprint density at radius 2 is 2.19 bits per heavy atom. The van der Waals surface area contributed by atoms with Crippen molar-refractivity contribution in [2.24, 2.45) is 0 Å². The van der Waals surface area contributed by atoms with E-state index in [0.29, 0.717) is 23.1 Å². The van der Waals surface area contributed by atoms with Gasteiger partial charge >= 0.3 is 0 Å². The molecule has 112 valence electrons. The molecule has 0 radical (unpaired) electrons. The molecule has 1 heterocycles. The predicted octanol–water partition coefficient (Wildman–Crippen LogP) is 3.10. The van der Waals surface area contributed by atoms with E-state index >= 15 is 0 Å². The van der Waals surface area contributed by atoms with Crippen LogP contribution in [-0.2, 0) is 11.3 Å². The number of anilines is 1. The second-order valence-electron chi connectivity index (χ2n) is 4.99. The molecule has 0 aliphatic heterocycles. The number of carbonyl (C=O) groups is 1. The van der Waals surface area contributed by atoms with Crippen molar-refractivity contribution >= 4 is 23.3 Å². The number of hydrogen-bond acceptors (Lipinski definition) is 4. The fraction of sp³-hybridized carbons (Fsp3) is 0.333. The molecule has 0 spiro atoms. The van der Waals surface area contributed by atoms with E-state index in [1.54, 1.807) is 13.0 Å². The lowest BCUT2D eigenvalue weighted by Crippen LogP contribution is -2.39. The summed E-state index contributed by atoms with van der Waals surface area (Å²) < 4.78 is 4.92. The van der Waals surface area contributed by atoms with Gasteiger partial charge in [-0.1, -0.05) is 35.0 Å². The SMILES string of the molecule is Cc1cc(NC(=O)C(C)N(C)Cc2ccccc2Cl)no1. The van der Waals surface area contributed by atoms with Gasteiger partial charge < -0.3 is 9.84 Å². The molecule has 5 nitrogen and oxygen atoms in total. The molecule has 0 aliphatic carbocycles. The minimum Gasteiger partial charge on any atom is -0.360 e. The van der Waals surface area contributed by atoms with Crippen LogP contribution >= 0.6 is 11.6 Å². The molecular weight excluding hydrogens is 290 g/mol. The Kier molecular flexibility index (Phi) is 4.98. The highest BCUT2D eigenvalue weighted by atomic mass is 35.5. The summed E-state index contributed by atoms with van der Waals surface area (Å²) in [6.45, 7) is 4.20. The van der Waals surface area contributed by atoms with E-state index in [1.807, 2.05) is 43.1 Å². The number of nitrogens with zero attached hydrogens (tertiary/aromatic N) is 2. The number of benzene rings is 1. The van der Waals surface area contributed by atoms with Gasteiger partial charge in [-0.15, -0.1) is 0 Å². The lowest BCUT2D eigenvalue weighted by Gasteiger charge is -2.23.